The molecule has 1 aliphatic rings. The standard InChI is InChI=1S/C25H24N2O3/c1-29-21-9-7-20(8-10-21)26-12-14-27(15-13-26)24(28)16-19-17-30-23-11-6-18-4-2-3-5-22(18)25(19)23/h2-11,17H,12-16H2,1H3. The third-order valence-corrected chi connectivity index (χ3v) is 5.95. The molecule has 0 bridgehead atoms. The van der Waals surface area contributed by atoms with Gasteiger partial charge in [0.25, 0.3) is 0 Å². The number of benzene rings is 3. The van der Waals surface area contributed by atoms with Crippen LogP contribution in [0.5, 0.6) is 5.75 Å². The number of carbonyl (C=O) groups excluding carboxylic acids is 1. The van der Waals surface area contributed by atoms with Gasteiger partial charge < -0.3 is 19.0 Å². The number of carbonyl (C=O) groups is 1. The van der Waals surface area contributed by atoms with Gasteiger partial charge in [0.05, 0.1) is 19.8 Å². The minimum atomic E-state index is 0.153. The summed E-state index contributed by atoms with van der Waals surface area (Å²) >= 11 is 0. The largest absolute Gasteiger partial charge is 0.497 e. The fourth-order valence-electron chi connectivity index (χ4n) is 4.29. The zero-order chi connectivity index (χ0) is 20.5. The number of methoxy groups -OCH3 is 1. The summed E-state index contributed by atoms with van der Waals surface area (Å²) < 4.78 is 11.0. The first-order valence-electron chi connectivity index (χ1n) is 10.3. The summed E-state index contributed by atoms with van der Waals surface area (Å²) in [6.07, 6.45) is 2.10. The van der Waals surface area contributed by atoms with Gasteiger partial charge in [-0.05, 0) is 41.1 Å². The molecule has 5 nitrogen and oxygen atoms in total. The summed E-state index contributed by atoms with van der Waals surface area (Å²) in [5.41, 5.74) is 2.96. The summed E-state index contributed by atoms with van der Waals surface area (Å²) in [6.45, 7) is 3.10. The number of nitrogens with zero attached hydrogens (tertiary/aromatic N) is 2. The molecule has 5 rings (SSSR count). The van der Waals surface area contributed by atoms with Gasteiger partial charge >= 0.3 is 0 Å². The molecule has 3 aromatic carbocycles. The molecule has 0 unspecified atom stereocenters. The Labute approximate surface area is 175 Å². The first-order valence-corrected chi connectivity index (χ1v) is 10.3. The molecule has 0 saturated carbocycles. The molecule has 0 spiro atoms. The minimum Gasteiger partial charge on any atom is -0.497 e. The van der Waals surface area contributed by atoms with Gasteiger partial charge in [0.2, 0.25) is 5.91 Å². The quantitative estimate of drug-likeness (QED) is 0.507. The molecule has 0 aliphatic carbocycles. The molecule has 1 amide bonds. The molecule has 30 heavy (non-hydrogen) atoms. The van der Waals surface area contributed by atoms with E-state index in [0.717, 1.165) is 64.9 Å². The first kappa shape index (κ1) is 18.6. The van der Waals surface area contributed by atoms with Crippen LogP contribution in [-0.4, -0.2) is 44.1 Å². The maximum Gasteiger partial charge on any atom is 0.227 e. The smallest absolute Gasteiger partial charge is 0.227 e. The Kier molecular flexibility index (Phi) is 4.79. The van der Waals surface area contributed by atoms with E-state index in [1.54, 1.807) is 13.4 Å². The summed E-state index contributed by atoms with van der Waals surface area (Å²) in [5, 5.41) is 3.35. The van der Waals surface area contributed by atoms with Crippen LogP contribution in [0.2, 0.25) is 0 Å². The van der Waals surface area contributed by atoms with E-state index in [4.69, 9.17) is 9.15 Å². The van der Waals surface area contributed by atoms with Gasteiger partial charge in [0.15, 0.2) is 0 Å². The van der Waals surface area contributed by atoms with Crippen molar-refractivity contribution in [3.05, 3.63) is 72.5 Å². The molecule has 1 aromatic heterocycles. The molecular weight excluding hydrogens is 376 g/mol. The Bertz CT molecular complexity index is 1190. The highest BCUT2D eigenvalue weighted by atomic mass is 16.5. The van der Waals surface area contributed by atoms with Gasteiger partial charge in [-0.2, -0.15) is 0 Å². The summed E-state index contributed by atoms with van der Waals surface area (Å²) in [6, 6.07) is 20.4. The van der Waals surface area contributed by atoms with Gasteiger partial charge in [-0.25, -0.2) is 0 Å². The molecule has 0 N–H and O–H groups in total. The highest BCUT2D eigenvalue weighted by Crippen LogP contribution is 2.30. The molecular formula is C25H24N2O3. The number of anilines is 1. The van der Waals surface area contributed by atoms with Crippen LogP contribution in [0.1, 0.15) is 5.56 Å². The van der Waals surface area contributed by atoms with Crippen LogP contribution < -0.4 is 9.64 Å². The molecule has 0 atom stereocenters. The Balaban J connectivity index is 1.29. The summed E-state index contributed by atoms with van der Waals surface area (Å²) in [7, 11) is 1.67. The third-order valence-electron chi connectivity index (χ3n) is 5.95. The zero-order valence-corrected chi connectivity index (χ0v) is 17.0. The van der Waals surface area contributed by atoms with E-state index in [1.165, 1.54) is 0 Å². The van der Waals surface area contributed by atoms with Crippen molar-refractivity contribution < 1.29 is 13.9 Å². The SMILES string of the molecule is COc1ccc(N2CCN(C(=O)Cc3coc4ccc5ccccc5c34)CC2)cc1. The van der Waals surface area contributed by atoms with Crippen LogP contribution >= 0.6 is 0 Å². The lowest BCUT2D eigenvalue weighted by Gasteiger charge is -2.36. The summed E-state index contributed by atoms with van der Waals surface area (Å²) in [4.78, 5) is 17.3. The topological polar surface area (TPSA) is 45.9 Å². The highest BCUT2D eigenvalue weighted by Gasteiger charge is 2.23. The molecule has 2 heterocycles. The van der Waals surface area contributed by atoms with Crippen molar-refractivity contribution in [1.29, 1.82) is 0 Å². The van der Waals surface area contributed by atoms with E-state index >= 15 is 0 Å². The Hall–Kier alpha value is -3.47. The maximum atomic E-state index is 13.0. The van der Waals surface area contributed by atoms with Crippen molar-refractivity contribution in [3.63, 3.8) is 0 Å². The van der Waals surface area contributed by atoms with Crippen molar-refractivity contribution in [2.24, 2.45) is 0 Å². The number of furan rings is 1. The van der Waals surface area contributed by atoms with E-state index in [2.05, 4.69) is 35.2 Å². The van der Waals surface area contributed by atoms with Crippen molar-refractivity contribution in [3.8, 4) is 5.75 Å². The molecule has 5 heteroatoms. The van der Waals surface area contributed by atoms with E-state index in [0.29, 0.717) is 6.42 Å². The van der Waals surface area contributed by atoms with Gasteiger partial charge in [0, 0.05) is 42.8 Å². The number of rotatable bonds is 4. The van der Waals surface area contributed by atoms with Crippen LogP contribution in [0, 0.1) is 0 Å². The van der Waals surface area contributed by atoms with Gasteiger partial charge in [-0.15, -0.1) is 0 Å². The monoisotopic (exact) mass is 400 g/mol. The Morgan fingerprint density at radius 2 is 1.73 bits per heavy atom. The average molecular weight is 400 g/mol. The van der Waals surface area contributed by atoms with Gasteiger partial charge in [0.1, 0.15) is 11.3 Å². The van der Waals surface area contributed by atoms with Gasteiger partial charge in [-0.3, -0.25) is 4.79 Å². The third kappa shape index (κ3) is 3.36. The summed E-state index contributed by atoms with van der Waals surface area (Å²) in [5.74, 6) is 1.01. The molecule has 1 aliphatic heterocycles. The Morgan fingerprint density at radius 3 is 2.50 bits per heavy atom. The van der Waals surface area contributed by atoms with E-state index in [-0.39, 0.29) is 5.91 Å². The molecule has 1 fully saturated rings. The van der Waals surface area contributed by atoms with E-state index in [1.807, 2.05) is 35.2 Å². The number of amides is 1. The fourth-order valence-corrected chi connectivity index (χ4v) is 4.29. The van der Waals surface area contributed by atoms with Crippen LogP contribution in [0.4, 0.5) is 5.69 Å². The molecule has 0 radical (unpaired) electrons. The lowest BCUT2D eigenvalue weighted by Crippen LogP contribution is -2.49. The van der Waals surface area contributed by atoms with Crippen LogP contribution in [0.15, 0.2) is 71.3 Å². The minimum absolute atomic E-state index is 0.153. The number of hydrogen-bond acceptors (Lipinski definition) is 4. The van der Waals surface area contributed by atoms with Crippen LogP contribution in [0.25, 0.3) is 21.7 Å². The van der Waals surface area contributed by atoms with E-state index in [9.17, 15) is 4.79 Å². The lowest BCUT2D eigenvalue weighted by molar-refractivity contribution is -0.130. The lowest BCUT2D eigenvalue weighted by atomic mass is 10.0. The zero-order valence-electron chi connectivity index (χ0n) is 17.0. The second-order valence-electron chi connectivity index (χ2n) is 7.66. The second kappa shape index (κ2) is 7.75. The predicted octanol–water partition coefficient (Wildman–Crippen LogP) is 4.49. The van der Waals surface area contributed by atoms with E-state index < -0.39 is 0 Å². The number of piperazine rings is 1. The Morgan fingerprint density at radius 1 is 0.967 bits per heavy atom. The molecule has 152 valence electrons. The fraction of sp³-hybridized carbons (Fsp3) is 0.240. The van der Waals surface area contributed by atoms with Crippen molar-refractivity contribution >= 4 is 33.3 Å². The number of fused-ring (bicyclic) bond motifs is 3. The second-order valence-corrected chi connectivity index (χ2v) is 7.66. The average Bonchev–Trinajstić information content (AvgIpc) is 3.22. The normalized spacial score (nSPS) is 14.4. The molecule has 1 saturated heterocycles. The highest BCUT2D eigenvalue weighted by molar-refractivity contribution is 6.08. The van der Waals surface area contributed by atoms with Crippen molar-refractivity contribution in [2.45, 2.75) is 6.42 Å². The molecule has 4 aromatic rings. The number of hydrogen-bond donors (Lipinski definition) is 0. The maximum absolute atomic E-state index is 13.0. The van der Waals surface area contributed by atoms with Crippen LogP contribution in [-0.2, 0) is 11.2 Å². The van der Waals surface area contributed by atoms with Crippen molar-refractivity contribution in [2.75, 3.05) is 38.2 Å². The first-order chi connectivity index (χ1) is 14.7. The van der Waals surface area contributed by atoms with Crippen LogP contribution in [0.3, 0.4) is 0 Å². The predicted molar refractivity (Wildman–Crippen MR) is 119 cm³/mol. The van der Waals surface area contributed by atoms with Gasteiger partial charge in [-0.1, -0.05) is 30.3 Å². The number of ether oxygens (including phenoxy) is 1. The van der Waals surface area contributed by atoms with Crippen molar-refractivity contribution in [1.82, 2.24) is 4.90 Å².